The van der Waals surface area contributed by atoms with E-state index < -0.39 is 12.1 Å². The van der Waals surface area contributed by atoms with Gasteiger partial charge in [0.05, 0.1) is 6.04 Å². The molecule has 1 aliphatic heterocycles. The summed E-state index contributed by atoms with van der Waals surface area (Å²) >= 11 is 0. The lowest BCUT2D eigenvalue weighted by Crippen LogP contribution is -2.56. The Morgan fingerprint density at radius 1 is 1.21 bits per heavy atom. The summed E-state index contributed by atoms with van der Waals surface area (Å²) in [4.78, 5) is 27.2. The minimum absolute atomic E-state index is 0.188. The lowest BCUT2D eigenvalue weighted by atomic mass is 9.91. The molecule has 6 heteroatoms. The summed E-state index contributed by atoms with van der Waals surface area (Å²) in [7, 11) is 1.58. The number of benzene rings is 2. The lowest BCUT2D eigenvalue weighted by molar-refractivity contribution is -0.142. The van der Waals surface area contributed by atoms with Crippen molar-refractivity contribution in [2.45, 2.75) is 45.3 Å². The largest absolute Gasteiger partial charge is 0.508 e. The number of carbonyl (C=O) groups is 2. The standard InChI is InChI=1S/C22H27N3O3/c1-13-8-17(26)9-14(2)18(13)11-19(23)22(28)25-12-16-7-5-4-6-15(16)10-20(25)21(27)24-3/h4-9,19-20,26H,10-12,23H2,1-3H3,(H,24,27)/t19-,20-/m0/s1. The van der Waals surface area contributed by atoms with Crippen LogP contribution in [-0.2, 0) is 29.0 Å². The van der Waals surface area contributed by atoms with Crippen LogP contribution in [-0.4, -0.2) is 41.0 Å². The maximum Gasteiger partial charge on any atom is 0.242 e. The predicted octanol–water partition coefficient (Wildman–Crippen LogP) is 1.58. The van der Waals surface area contributed by atoms with Gasteiger partial charge in [-0.1, -0.05) is 24.3 Å². The molecule has 0 unspecified atom stereocenters. The highest BCUT2D eigenvalue weighted by Gasteiger charge is 2.36. The van der Waals surface area contributed by atoms with Crippen LogP contribution in [0, 0.1) is 13.8 Å². The lowest BCUT2D eigenvalue weighted by Gasteiger charge is -2.37. The Kier molecular flexibility index (Phi) is 5.70. The first kappa shape index (κ1) is 19.9. The second-order valence-corrected chi connectivity index (χ2v) is 7.44. The van der Waals surface area contributed by atoms with Crippen molar-refractivity contribution in [1.82, 2.24) is 10.2 Å². The normalized spacial score (nSPS) is 17.0. The Morgan fingerprint density at radius 3 is 2.43 bits per heavy atom. The SMILES string of the molecule is CNC(=O)[C@@H]1Cc2ccccc2CN1C(=O)[C@@H](N)Cc1c(C)cc(O)cc1C. The van der Waals surface area contributed by atoms with Crippen molar-refractivity contribution in [2.24, 2.45) is 5.73 Å². The van der Waals surface area contributed by atoms with E-state index in [0.29, 0.717) is 19.4 Å². The number of aryl methyl sites for hydroxylation is 2. The molecule has 0 saturated carbocycles. The number of amides is 2. The van der Waals surface area contributed by atoms with Crippen molar-refractivity contribution < 1.29 is 14.7 Å². The van der Waals surface area contributed by atoms with Crippen LogP contribution < -0.4 is 11.1 Å². The number of carbonyl (C=O) groups excluding carboxylic acids is 2. The molecule has 0 radical (unpaired) electrons. The van der Waals surface area contributed by atoms with Gasteiger partial charge in [-0.15, -0.1) is 0 Å². The molecule has 0 aliphatic carbocycles. The molecule has 0 fully saturated rings. The summed E-state index contributed by atoms with van der Waals surface area (Å²) in [5.41, 5.74) is 11.2. The fourth-order valence-corrected chi connectivity index (χ4v) is 3.97. The maximum atomic E-state index is 13.2. The number of hydrogen-bond acceptors (Lipinski definition) is 4. The summed E-state index contributed by atoms with van der Waals surface area (Å²) in [6, 6.07) is 9.86. The van der Waals surface area contributed by atoms with E-state index in [-0.39, 0.29) is 17.6 Å². The topological polar surface area (TPSA) is 95.7 Å². The number of nitrogens with one attached hydrogen (secondary N) is 1. The Hall–Kier alpha value is -2.86. The van der Waals surface area contributed by atoms with Crippen molar-refractivity contribution >= 4 is 11.8 Å². The third-order valence-electron chi connectivity index (χ3n) is 5.50. The Morgan fingerprint density at radius 2 is 1.82 bits per heavy atom. The number of phenolic OH excluding ortho intramolecular Hbond substituents is 1. The average Bonchev–Trinajstić information content (AvgIpc) is 2.68. The Labute approximate surface area is 165 Å². The van der Waals surface area contributed by atoms with Crippen LogP contribution in [0.3, 0.4) is 0 Å². The van der Waals surface area contributed by atoms with Crippen LogP contribution >= 0.6 is 0 Å². The quantitative estimate of drug-likeness (QED) is 0.749. The van der Waals surface area contributed by atoms with Gasteiger partial charge in [0, 0.05) is 20.0 Å². The zero-order chi connectivity index (χ0) is 20.4. The van der Waals surface area contributed by atoms with E-state index in [1.54, 1.807) is 24.1 Å². The third-order valence-corrected chi connectivity index (χ3v) is 5.50. The molecule has 28 heavy (non-hydrogen) atoms. The second-order valence-electron chi connectivity index (χ2n) is 7.44. The fourth-order valence-electron chi connectivity index (χ4n) is 3.97. The van der Waals surface area contributed by atoms with Crippen molar-refractivity contribution in [2.75, 3.05) is 7.05 Å². The average molecular weight is 381 g/mol. The smallest absolute Gasteiger partial charge is 0.242 e. The van der Waals surface area contributed by atoms with Gasteiger partial charge in [0.1, 0.15) is 11.8 Å². The van der Waals surface area contributed by atoms with E-state index in [2.05, 4.69) is 5.32 Å². The molecule has 2 amide bonds. The molecule has 2 atom stereocenters. The Bertz CT molecular complexity index is 887. The highest BCUT2D eigenvalue weighted by molar-refractivity contribution is 5.90. The molecule has 0 bridgehead atoms. The first-order valence-electron chi connectivity index (χ1n) is 9.45. The van der Waals surface area contributed by atoms with Crippen LogP contribution in [0.25, 0.3) is 0 Å². The molecule has 1 aliphatic rings. The summed E-state index contributed by atoms with van der Waals surface area (Å²) in [5, 5.41) is 12.4. The number of likely N-dealkylation sites (N-methyl/N-ethyl adjacent to an activating group) is 1. The van der Waals surface area contributed by atoms with E-state index in [1.165, 1.54) is 0 Å². The Balaban J connectivity index is 1.86. The monoisotopic (exact) mass is 381 g/mol. The number of nitrogens with zero attached hydrogens (tertiary/aromatic N) is 1. The molecule has 0 aromatic heterocycles. The van der Waals surface area contributed by atoms with Gasteiger partial charge in [-0.2, -0.15) is 0 Å². The predicted molar refractivity (Wildman–Crippen MR) is 108 cm³/mol. The van der Waals surface area contributed by atoms with Crippen molar-refractivity contribution in [3.05, 3.63) is 64.2 Å². The molecule has 0 spiro atoms. The van der Waals surface area contributed by atoms with Gasteiger partial charge in [-0.3, -0.25) is 9.59 Å². The number of fused-ring (bicyclic) bond motifs is 1. The highest BCUT2D eigenvalue weighted by Crippen LogP contribution is 2.26. The van der Waals surface area contributed by atoms with Gasteiger partial charge < -0.3 is 21.1 Å². The molecular formula is C22H27N3O3. The molecular weight excluding hydrogens is 354 g/mol. The number of rotatable bonds is 4. The molecule has 2 aromatic rings. The van der Waals surface area contributed by atoms with Gasteiger partial charge in [0.25, 0.3) is 0 Å². The zero-order valence-corrected chi connectivity index (χ0v) is 16.5. The van der Waals surface area contributed by atoms with Crippen molar-refractivity contribution in [3.8, 4) is 5.75 Å². The fraction of sp³-hybridized carbons (Fsp3) is 0.364. The van der Waals surface area contributed by atoms with Crippen LogP contribution in [0.4, 0.5) is 0 Å². The first-order valence-corrected chi connectivity index (χ1v) is 9.45. The number of nitrogens with two attached hydrogens (primary N) is 1. The molecule has 3 rings (SSSR count). The zero-order valence-electron chi connectivity index (χ0n) is 16.5. The van der Waals surface area contributed by atoms with E-state index in [9.17, 15) is 14.7 Å². The third kappa shape index (κ3) is 3.87. The molecule has 0 saturated heterocycles. The molecule has 6 nitrogen and oxygen atoms in total. The van der Waals surface area contributed by atoms with Crippen LogP contribution in [0.15, 0.2) is 36.4 Å². The maximum absolute atomic E-state index is 13.2. The van der Waals surface area contributed by atoms with Gasteiger partial charge in [-0.25, -0.2) is 0 Å². The highest BCUT2D eigenvalue weighted by atomic mass is 16.3. The molecule has 2 aromatic carbocycles. The molecule has 148 valence electrons. The van der Waals surface area contributed by atoms with Gasteiger partial charge in [-0.05, 0) is 60.2 Å². The molecule has 1 heterocycles. The van der Waals surface area contributed by atoms with E-state index in [0.717, 1.165) is 27.8 Å². The van der Waals surface area contributed by atoms with Crippen molar-refractivity contribution in [3.63, 3.8) is 0 Å². The number of aromatic hydroxyl groups is 1. The van der Waals surface area contributed by atoms with Crippen LogP contribution in [0.2, 0.25) is 0 Å². The number of phenols is 1. The first-order chi connectivity index (χ1) is 13.3. The van der Waals surface area contributed by atoms with Crippen LogP contribution in [0.1, 0.15) is 27.8 Å². The van der Waals surface area contributed by atoms with E-state index in [4.69, 9.17) is 5.73 Å². The van der Waals surface area contributed by atoms with Gasteiger partial charge >= 0.3 is 0 Å². The summed E-state index contributed by atoms with van der Waals surface area (Å²) < 4.78 is 0. The summed E-state index contributed by atoms with van der Waals surface area (Å²) in [6.45, 7) is 4.15. The minimum atomic E-state index is -0.764. The minimum Gasteiger partial charge on any atom is -0.508 e. The molecule has 4 N–H and O–H groups in total. The van der Waals surface area contributed by atoms with Gasteiger partial charge in [0.2, 0.25) is 11.8 Å². The van der Waals surface area contributed by atoms with E-state index in [1.807, 2.05) is 38.1 Å². The summed E-state index contributed by atoms with van der Waals surface area (Å²) in [5.74, 6) is -0.229. The number of hydrogen-bond donors (Lipinski definition) is 3. The van der Waals surface area contributed by atoms with E-state index >= 15 is 0 Å². The van der Waals surface area contributed by atoms with Gasteiger partial charge in [0.15, 0.2) is 0 Å². The van der Waals surface area contributed by atoms with Crippen LogP contribution in [0.5, 0.6) is 5.75 Å². The second kappa shape index (κ2) is 8.02. The summed E-state index contributed by atoms with van der Waals surface area (Å²) in [6.07, 6.45) is 0.834. The van der Waals surface area contributed by atoms with Crippen molar-refractivity contribution in [1.29, 1.82) is 0 Å².